The van der Waals surface area contributed by atoms with E-state index in [4.69, 9.17) is 0 Å². The maximum absolute atomic E-state index is 12.1. The molecule has 0 spiro atoms. The minimum atomic E-state index is -0.188. The van der Waals surface area contributed by atoms with Crippen LogP contribution < -0.4 is 10.2 Å². The quantitative estimate of drug-likeness (QED) is 0.812. The van der Waals surface area contributed by atoms with E-state index in [0.29, 0.717) is 6.54 Å². The summed E-state index contributed by atoms with van der Waals surface area (Å²) in [6, 6.07) is 13.3. The van der Waals surface area contributed by atoms with Crippen molar-refractivity contribution < 1.29 is 9.59 Å². The molecule has 0 aliphatic carbocycles. The zero-order chi connectivity index (χ0) is 17.1. The Balaban J connectivity index is 1.70. The zero-order valence-corrected chi connectivity index (χ0v) is 14.8. The molecule has 1 aliphatic rings. The molecular formula is C19H17BrN2O2. The summed E-state index contributed by atoms with van der Waals surface area (Å²) >= 11 is 3.45. The van der Waals surface area contributed by atoms with Gasteiger partial charge < -0.3 is 10.2 Å². The summed E-state index contributed by atoms with van der Waals surface area (Å²) in [4.78, 5) is 25.4. The molecular weight excluding hydrogens is 368 g/mol. The Kier molecular flexibility index (Phi) is 4.81. The summed E-state index contributed by atoms with van der Waals surface area (Å²) in [6.07, 6.45) is 4.09. The summed E-state index contributed by atoms with van der Waals surface area (Å²) in [5, 5.41) is 2.86. The third kappa shape index (κ3) is 3.57. The van der Waals surface area contributed by atoms with Crippen LogP contribution in [0.2, 0.25) is 0 Å². The van der Waals surface area contributed by atoms with Crippen LogP contribution in [-0.4, -0.2) is 18.4 Å². The third-order valence-electron chi connectivity index (χ3n) is 3.94. The van der Waals surface area contributed by atoms with Gasteiger partial charge in [-0.2, -0.15) is 0 Å². The topological polar surface area (TPSA) is 49.4 Å². The number of amides is 2. The SMILES string of the molecule is CC(=O)N1CCc2cc(NC(=O)/C=C/c3ccccc3Br)ccc21. The molecule has 24 heavy (non-hydrogen) atoms. The lowest BCUT2D eigenvalue weighted by atomic mass is 10.1. The molecule has 0 saturated carbocycles. The van der Waals surface area contributed by atoms with E-state index in [2.05, 4.69) is 21.2 Å². The van der Waals surface area contributed by atoms with Crippen LogP contribution in [0.4, 0.5) is 11.4 Å². The standard InChI is InChI=1S/C19H17BrN2O2/c1-13(23)22-11-10-15-12-16(7-8-18(15)22)21-19(24)9-6-14-4-2-3-5-17(14)20/h2-9,12H,10-11H2,1H3,(H,21,24)/b9-6+. The van der Waals surface area contributed by atoms with Crippen LogP contribution in [0.3, 0.4) is 0 Å². The Morgan fingerprint density at radius 3 is 2.75 bits per heavy atom. The van der Waals surface area contributed by atoms with E-state index >= 15 is 0 Å². The van der Waals surface area contributed by atoms with Crippen LogP contribution >= 0.6 is 15.9 Å². The van der Waals surface area contributed by atoms with E-state index in [1.807, 2.05) is 42.5 Å². The second-order valence-electron chi connectivity index (χ2n) is 5.61. The molecule has 2 aromatic carbocycles. The van der Waals surface area contributed by atoms with E-state index in [0.717, 1.165) is 33.4 Å². The van der Waals surface area contributed by atoms with Crippen molar-refractivity contribution in [1.29, 1.82) is 0 Å². The number of nitrogens with one attached hydrogen (secondary N) is 1. The van der Waals surface area contributed by atoms with Crippen molar-refractivity contribution in [2.45, 2.75) is 13.3 Å². The van der Waals surface area contributed by atoms with Crippen LogP contribution in [0.5, 0.6) is 0 Å². The van der Waals surface area contributed by atoms with Crippen molar-refractivity contribution in [1.82, 2.24) is 0 Å². The van der Waals surface area contributed by atoms with E-state index in [-0.39, 0.29) is 11.8 Å². The van der Waals surface area contributed by atoms with Crippen LogP contribution in [-0.2, 0) is 16.0 Å². The Labute approximate surface area is 149 Å². The highest BCUT2D eigenvalue weighted by Gasteiger charge is 2.22. The summed E-state index contributed by atoms with van der Waals surface area (Å²) in [6.45, 7) is 2.27. The molecule has 2 aromatic rings. The first-order valence-corrected chi connectivity index (χ1v) is 8.48. The molecule has 122 valence electrons. The summed E-state index contributed by atoms with van der Waals surface area (Å²) in [5.74, 6) is -0.144. The molecule has 1 heterocycles. The average molecular weight is 385 g/mol. The van der Waals surface area contributed by atoms with Gasteiger partial charge in [0.2, 0.25) is 11.8 Å². The van der Waals surface area contributed by atoms with Crippen molar-refractivity contribution in [3.05, 3.63) is 64.1 Å². The number of carbonyl (C=O) groups is 2. The van der Waals surface area contributed by atoms with Gasteiger partial charge in [0.15, 0.2) is 0 Å². The number of hydrogen-bond acceptors (Lipinski definition) is 2. The summed E-state index contributed by atoms with van der Waals surface area (Å²) in [5.41, 5.74) is 3.70. The molecule has 3 rings (SSSR count). The largest absolute Gasteiger partial charge is 0.323 e. The molecule has 1 N–H and O–H groups in total. The lowest BCUT2D eigenvalue weighted by Gasteiger charge is -2.14. The van der Waals surface area contributed by atoms with Gasteiger partial charge in [-0.1, -0.05) is 34.1 Å². The Bertz CT molecular complexity index is 830. The highest BCUT2D eigenvalue weighted by Crippen LogP contribution is 2.30. The smallest absolute Gasteiger partial charge is 0.248 e. The van der Waals surface area contributed by atoms with Crippen molar-refractivity contribution in [2.75, 3.05) is 16.8 Å². The van der Waals surface area contributed by atoms with Crippen molar-refractivity contribution in [3.63, 3.8) is 0 Å². The molecule has 1 aliphatic heterocycles. The van der Waals surface area contributed by atoms with Crippen LogP contribution in [0, 0.1) is 0 Å². The number of benzene rings is 2. The van der Waals surface area contributed by atoms with E-state index < -0.39 is 0 Å². The van der Waals surface area contributed by atoms with Crippen molar-refractivity contribution >= 4 is 45.2 Å². The lowest BCUT2D eigenvalue weighted by molar-refractivity contribution is -0.116. The molecule has 4 nitrogen and oxygen atoms in total. The molecule has 0 saturated heterocycles. The first kappa shape index (κ1) is 16.5. The van der Waals surface area contributed by atoms with Gasteiger partial charge in [0.05, 0.1) is 0 Å². The predicted octanol–water partition coefficient (Wildman–Crippen LogP) is 4.01. The van der Waals surface area contributed by atoms with Crippen LogP contribution in [0.25, 0.3) is 6.08 Å². The van der Waals surface area contributed by atoms with Gasteiger partial charge >= 0.3 is 0 Å². The third-order valence-corrected chi connectivity index (χ3v) is 4.66. The normalized spacial score (nSPS) is 13.2. The first-order valence-electron chi connectivity index (χ1n) is 7.69. The number of nitrogens with zero attached hydrogens (tertiary/aromatic N) is 1. The van der Waals surface area contributed by atoms with Gasteiger partial charge in [0, 0.05) is 35.4 Å². The van der Waals surface area contributed by atoms with Crippen LogP contribution in [0.1, 0.15) is 18.1 Å². The minimum absolute atomic E-state index is 0.0434. The fourth-order valence-electron chi connectivity index (χ4n) is 2.77. The van der Waals surface area contributed by atoms with Gasteiger partial charge in [-0.15, -0.1) is 0 Å². The molecule has 0 fully saturated rings. The minimum Gasteiger partial charge on any atom is -0.323 e. The zero-order valence-electron chi connectivity index (χ0n) is 13.3. The number of halogens is 1. The van der Waals surface area contributed by atoms with E-state index in [1.54, 1.807) is 17.9 Å². The highest BCUT2D eigenvalue weighted by atomic mass is 79.9. The molecule has 0 atom stereocenters. The van der Waals surface area contributed by atoms with Crippen LogP contribution in [0.15, 0.2) is 53.0 Å². The fraction of sp³-hybridized carbons (Fsp3) is 0.158. The summed E-state index contributed by atoms with van der Waals surface area (Å²) < 4.78 is 0.941. The fourth-order valence-corrected chi connectivity index (χ4v) is 3.18. The molecule has 0 unspecified atom stereocenters. The number of fused-ring (bicyclic) bond motifs is 1. The van der Waals surface area contributed by atoms with Crippen molar-refractivity contribution in [2.24, 2.45) is 0 Å². The van der Waals surface area contributed by atoms with Gasteiger partial charge in [0.1, 0.15) is 0 Å². The maximum Gasteiger partial charge on any atom is 0.248 e. The second kappa shape index (κ2) is 7.01. The van der Waals surface area contributed by atoms with E-state index in [9.17, 15) is 9.59 Å². The highest BCUT2D eigenvalue weighted by molar-refractivity contribution is 9.10. The second-order valence-corrected chi connectivity index (χ2v) is 6.46. The molecule has 0 aromatic heterocycles. The molecule has 0 radical (unpaired) electrons. The summed E-state index contributed by atoms with van der Waals surface area (Å²) in [7, 11) is 0. The Morgan fingerprint density at radius 1 is 1.21 bits per heavy atom. The number of carbonyl (C=O) groups excluding carboxylic acids is 2. The van der Waals surface area contributed by atoms with E-state index in [1.165, 1.54) is 6.08 Å². The van der Waals surface area contributed by atoms with Crippen molar-refractivity contribution in [3.8, 4) is 0 Å². The van der Waals surface area contributed by atoms with Gasteiger partial charge in [-0.25, -0.2) is 0 Å². The molecule has 5 heteroatoms. The molecule has 2 amide bonds. The number of anilines is 2. The number of hydrogen-bond donors (Lipinski definition) is 1. The average Bonchev–Trinajstić information content (AvgIpc) is 2.97. The maximum atomic E-state index is 12.1. The monoisotopic (exact) mass is 384 g/mol. The van der Waals surface area contributed by atoms with Gasteiger partial charge in [0.25, 0.3) is 0 Å². The Hall–Kier alpha value is -2.40. The predicted molar refractivity (Wildman–Crippen MR) is 100.0 cm³/mol. The Morgan fingerprint density at radius 2 is 2.00 bits per heavy atom. The lowest BCUT2D eigenvalue weighted by Crippen LogP contribution is -2.25. The van der Waals surface area contributed by atoms with Gasteiger partial charge in [-0.05, 0) is 47.9 Å². The number of rotatable bonds is 3. The molecule has 0 bridgehead atoms. The van der Waals surface area contributed by atoms with Gasteiger partial charge in [-0.3, -0.25) is 9.59 Å². The first-order chi connectivity index (χ1) is 11.5.